The molecule has 293 valence electrons. The molecule has 3 heterocycles. The first kappa shape index (κ1) is 40.2. The molecule has 0 aliphatic carbocycles. The Labute approximate surface area is 362 Å². The van der Waals surface area contributed by atoms with Crippen LogP contribution in [0, 0.1) is 18.1 Å². The van der Waals surface area contributed by atoms with Crippen molar-refractivity contribution in [2.24, 2.45) is 5.92 Å². The Morgan fingerprint density at radius 3 is 2.17 bits per heavy atom. The normalized spacial score (nSPS) is 11.6. The number of pyridine rings is 1. The summed E-state index contributed by atoms with van der Waals surface area (Å²) in [4.78, 5) is 9.84. The van der Waals surface area contributed by atoms with Gasteiger partial charge in [-0.2, -0.15) is 0 Å². The Kier molecular flexibility index (Phi) is 11.5. The fourth-order valence-corrected chi connectivity index (χ4v) is 11.3. The molecule has 10 rings (SSSR count). The number of furan rings is 1. The SMILES string of the molecule is CC(C)Cc1cc(-c2[c-]cc3ccccc3c2)nc[c]1[Ge]([CH3])([CH3])[CH3].[Ir].[c-]1ccc2c(oc3ccccc32)c1-c1nc2ccccc2n1-c1ccc(-c2ccccc2)cc1. The molecule has 1 radical (unpaired) electrons. The molecule has 0 fully saturated rings. The minimum Gasteiger partial charge on any atom is -0.501 e. The molecule has 3 aromatic heterocycles. The molecule has 0 atom stereocenters. The molecule has 0 unspecified atom stereocenters. The van der Waals surface area contributed by atoms with Gasteiger partial charge in [-0.15, -0.1) is 18.2 Å². The van der Waals surface area contributed by atoms with E-state index in [9.17, 15) is 0 Å². The molecule has 59 heavy (non-hydrogen) atoms. The van der Waals surface area contributed by atoms with E-state index in [4.69, 9.17) is 14.4 Å². The maximum atomic E-state index is 6.32. The zero-order valence-electron chi connectivity index (χ0n) is 34.0. The van der Waals surface area contributed by atoms with Crippen LogP contribution in [-0.4, -0.2) is 27.8 Å². The van der Waals surface area contributed by atoms with E-state index in [1.165, 1.54) is 31.9 Å². The van der Waals surface area contributed by atoms with Gasteiger partial charge in [-0.1, -0.05) is 83.7 Å². The van der Waals surface area contributed by atoms with Crippen LogP contribution >= 0.6 is 0 Å². The van der Waals surface area contributed by atoms with E-state index in [-0.39, 0.29) is 20.1 Å². The predicted molar refractivity (Wildman–Crippen MR) is 246 cm³/mol. The molecule has 0 saturated carbocycles. The number of imidazole rings is 1. The minimum atomic E-state index is -1.91. The van der Waals surface area contributed by atoms with Gasteiger partial charge >= 0.3 is 148 Å². The molecule has 0 aliphatic rings. The number of rotatable bonds is 7. The van der Waals surface area contributed by atoms with E-state index in [0.717, 1.165) is 67.7 Å². The minimum absolute atomic E-state index is 0. The summed E-state index contributed by atoms with van der Waals surface area (Å²) in [6, 6.07) is 61.3. The number of nitrogens with zero attached hydrogens (tertiary/aromatic N) is 3. The topological polar surface area (TPSA) is 43.9 Å². The van der Waals surface area contributed by atoms with Gasteiger partial charge in [0, 0.05) is 31.2 Å². The Bertz CT molecular complexity index is 3050. The molecule has 7 aromatic carbocycles. The van der Waals surface area contributed by atoms with Crippen LogP contribution in [0.3, 0.4) is 0 Å². The van der Waals surface area contributed by atoms with Crippen molar-refractivity contribution in [2.75, 3.05) is 0 Å². The van der Waals surface area contributed by atoms with Crippen LogP contribution in [0.2, 0.25) is 17.3 Å². The van der Waals surface area contributed by atoms with E-state index in [1.54, 1.807) is 0 Å². The van der Waals surface area contributed by atoms with Crippen molar-refractivity contribution in [2.45, 2.75) is 37.5 Å². The second kappa shape index (κ2) is 16.9. The van der Waals surface area contributed by atoms with Crippen LogP contribution in [0.25, 0.3) is 83.2 Å². The van der Waals surface area contributed by atoms with Crippen molar-refractivity contribution in [3.05, 3.63) is 182 Å². The van der Waals surface area contributed by atoms with Crippen molar-refractivity contribution in [3.63, 3.8) is 0 Å². The third-order valence-electron chi connectivity index (χ3n) is 10.7. The maximum Gasteiger partial charge on any atom is 0.120 e. The molecule has 6 heteroatoms. The fourth-order valence-electron chi connectivity index (χ4n) is 7.95. The van der Waals surface area contributed by atoms with Crippen molar-refractivity contribution in [3.8, 4) is 39.5 Å². The molecule has 0 bridgehead atoms. The Hall–Kier alpha value is -5.59. The number of aromatic nitrogens is 3. The number of hydrogen-bond acceptors (Lipinski definition) is 3. The molecule has 0 amide bonds. The summed E-state index contributed by atoms with van der Waals surface area (Å²) in [5, 5.41) is 4.64. The second-order valence-corrected chi connectivity index (χ2v) is 27.0. The van der Waals surface area contributed by atoms with Gasteiger partial charge in [-0.05, 0) is 41.5 Å². The van der Waals surface area contributed by atoms with E-state index < -0.39 is 13.3 Å². The third-order valence-corrected chi connectivity index (χ3v) is 15.1. The second-order valence-electron chi connectivity index (χ2n) is 16.4. The first-order valence-corrected chi connectivity index (χ1v) is 27.4. The molecule has 0 spiro atoms. The van der Waals surface area contributed by atoms with Crippen molar-refractivity contribution < 1.29 is 24.5 Å². The number of fused-ring (bicyclic) bond motifs is 5. The molecule has 10 aromatic rings. The summed E-state index contributed by atoms with van der Waals surface area (Å²) in [6.07, 6.45) is 3.27. The number of para-hydroxylation sites is 3. The van der Waals surface area contributed by atoms with Gasteiger partial charge in [0.1, 0.15) is 5.58 Å². The Morgan fingerprint density at radius 2 is 1.39 bits per heavy atom. The summed E-state index contributed by atoms with van der Waals surface area (Å²) in [6.45, 7) is 4.59. The zero-order valence-corrected chi connectivity index (χ0v) is 38.4. The van der Waals surface area contributed by atoms with Gasteiger partial charge in [0.25, 0.3) is 0 Å². The number of benzene rings is 7. The molecule has 0 N–H and O–H groups in total. The van der Waals surface area contributed by atoms with Crippen LogP contribution in [-0.2, 0) is 26.5 Å². The van der Waals surface area contributed by atoms with Gasteiger partial charge in [0.15, 0.2) is 0 Å². The van der Waals surface area contributed by atoms with Crippen LogP contribution in [0.1, 0.15) is 19.4 Å². The van der Waals surface area contributed by atoms with Crippen molar-refractivity contribution in [1.82, 2.24) is 14.5 Å². The van der Waals surface area contributed by atoms with Crippen LogP contribution < -0.4 is 4.40 Å². The molecule has 0 saturated heterocycles. The largest absolute Gasteiger partial charge is 0.501 e. The van der Waals surface area contributed by atoms with Gasteiger partial charge in [-0.25, -0.2) is 0 Å². The van der Waals surface area contributed by atoms with Crippen molar-refractivity contribution in [1.29, 1.82) is 0 Å². The quantitative estimate of drug-likeness (QED) is 0.118. The van der Waals surface area contributed by atoms with E-state index in [0.29, 0.717) is 5.92 Å². The average molecular weight is 1000 g/mol. The summed E-state index contributed by atoms with van der Waals surface area (Å²) in [5.41, 5.74) is 11.6. The van der Waals surface area contributed by atoms with Crippen LogP contribution in [0.15, 0.2) is 168 Å². The monoisotopic (exact) mass is 1010 g/mol. The summed E-state index contributed by atoms with van der Waals surface area (Å²) >= 11 is -1.91. The van der Waals surface area contributed by atoms with E-state index >= 15 is 0 Å². The molecular formula is C53H45GeIrN3O-2. The summed E-state index contributed by atoms with van der Waals surface area (Å²) in [7, 11) is 0. The Morgan fingerprint density at radius 1 is 0.695 bits per heavy atom. The summed E-state index contributed by atoms with van der Waals surface area (Å²) in [5.74, 6) is 8.82. The smallest absolute Gasteiger partial charge is 0.120 e. The van der Waals surface area contributed by atoms with Crippen LogP contribution in [0.4, 0.5) is 0 Å². The maximum absolute atomic E-state index is 6.32. The fraction of sp³-hybridized carbons (Fsp3) is 0.132. The van der Waals surface area contributed by atoms with Gasteiger partial charge in [0.05, 0.1) is 22.4 Å². The summed E-state index contributed by atoms with van der Waals surface area (Å²) < 4.78 is 10.0. The zero-order chi connectivity index (χ0) is 39.8. The van der Waals surface area contributed by atoms with Crippen LogP contribution in [0.5, 0.6) is 0 Å². The van der Waals surface area contributed by atoms with Crippen molar-refractivity contribution >= 4 is 61.4 Å². The Balaban J connectivity index is 0.000000172. The number of hydrogen-bond donors (Lipinski definition) is 0. The molecule has 0 aliphatic heterocycles. The van der Waals surface area contributed by atoms with Gasteiger partial charge in [-0.3, -0.25) is 4.98 Å². The standard InChI is InChI=1S/C31H19N2O.C22H26GeN.Ir/c1-2-9-21(10-3-1)22-17-19-23(20-18-22)33-28-15-6-5-14-27(28)32-31(33)26-13-8-12-25-24-11-4-7-16-29(24)34-30(25)26;1-16(2)12-20-14-22(24-15-21(20)23(3,4)5)19-11-10-17-8-6-7-9-18(17)13-19;/h1-12,14-20H;6-10,13-16H,12H2,1-5H3;/q2*-1;. The predicted octanol–water partition coefficient (Wildman–Crippen LogP) is 13.5. The van der Waals surface area contributed by atoms with Gasteiger partial charge in [0.2, 0.25) is 0 Å². The first-order chi connectivity index (χ1) is 28.2. The molecule has 4 nitrogen and oxygen atoms in total. The van der Waals surface area contributed by atoms with E-state index in [1.807, 2.05) is 48.5 Å². The third kappa shape index (κ3) is 8.21. The van der Waals surface area contributed by atoms with Gasteiger partial charge < -0.3 is 8.98 Å². The average Bonchev–Trinajstić information content (AvgIpc) is 3.83. The first-order valence-electron chi connectivity index (χ1n) is 20.1. The molecular weight excluding hydrogens is 959 g/mol. The van der Waals surface area contributed by atoms with E-state index in [2.05, 4.69) is 163 Å².